The first-order valence-electron chi connectivity index (χ1n) is 9.48. The Kier molecular flexibility index (Phi) is 17.6. The smallest absolute Gasteiger partial charge is 0.191 e. The molecule has 22 heavy (non-hydrogen) atoms. The molecular formula is C18H39N3O. The van der Waals surface area contributed by atoms with Gasteiger partial charge < -0.3 is 15.7 Å². The van der Waals surface area contributed by atoms with Gasteiger partial charge in [-0.05, 0) is 19.3 Å². The Morgan fingerprint density at radius 3 is 1.86 bits per heavy atom. The third-order valence-electron chi connectivity index (χ3n) is 3.73. The van der Waals surface area contributed by atoms with Gasteiger partial charge in [-0.25, -0.2) is 0 Å². The fraction of sp³-hybridized carbons (Fsp3) is 0.944. The van der Waals surface area contributed by atoms with Gasteiger partial charge in [-0.15, -0.1) is 0 Å². The van der Waals surface area contributed by atoms with E-state index in [1.165, 1.54) is 64.2 Å². The average molecular weight is 314 g/mol. The summed E-state index contributed by atoms with van der Waals surface area (Å²) in [5, 5.41) is 15.6. The highest BCUT2D eigenvalue weighted by Crippen LogP contribution is 2.07. The van der Waals surface area contributed by atoms with E-state index < -0.39 is 0 Å². The molecule has 0 saturated heterocycles. The number of aliphatic hydroxyl groups excluding tert-OH is 1. The molecule has 0 aromatic rings. The van der Waals surface area contributed by atoms with Gasteiger partial charge in [0.25, 0.3) is 0 Å². The minimum Gasteiger partial charge on any atom is -0.396 e. The first kappa shape index (κ1) is 21.2. The number of aliphatic imine (C=N–C) groups is 1. The molecule has 0 aliphatic carbocycles. The fourth-order valence-electron chi connectivity index (χ4n) is 2.29. The lowest BCUT2D eigenvalue weighted by Crippen LogP contribution is -2.38. The molecule has 0 aliphatic heterocycles. The molecule has 0 heterocycles. The van der Waals surface area contributed by atoms with Crippen molar-refractivity contribution in [3.8, 4) is 0 Å². The van der Waals surface area contributed by atoms with E-state index in [1.54, 1.807) is 0 Å². The van der Waals surface area contributed by atoms with Crippen LogP contribution in [0.2, 0.25) is 0 Å². The number of nitrogens with zero attached hydrogens (tertiary/aromatic N) is 1. The van der Waals surface area contributed by atoms with Crippen LogP contribution < -0.4 is 10.6 Å². The first-order chi connectivity index (χ1) is 10.8. The summed E-state index contributed by atoms with van der Waals surface area (Å²) in [5.74, 6) is 0.907. The van der Waals surface area contributed by atoms with Gasteiger partial charge in [0.1, 0.15) is 0 Å². The summed E-state index contributed by atoms with van der Waals surface area (Å²) < 4.78 is 0. The summed E-state index contributed by atoms with van der Waals surface area (Å²) in [5.41, 5.74) is 0. The fourth-order valence-corrected chi connectivity index (χ4v) is 2.29. The molecule has 0 aliphatic rings. The lowest BCUT2D eigenvalue weighted by atomic mass is 10.1. The van der Waals surface area contributed by atoms with Crippen LogP contribution in [0.5, 0.6) is 0 Å². The summed E-state index contributed by atoms with van der Waals surface area (Å²) in [7, 11) is 0. The van der Waals surface area contributed by atoms with Crippen molar-refractivity contribution in [2.45, 2.75) is 84.5 Å². The van der Waals surface area contributed by atoms with E-state index in [1.807, 2.05) is 0 Å². The van der Waals surface area contributed by atoms with Gasteiger partial charge in [-0.3, -0.25) is 4.99 Å². The molecule has 0 bridgehead atoms. The molecule has 0 rings (SSSR count). The van der Waals surface area contributed by atoms with Crippen molar-refractivity contribution in [1.29, 1.82) is 0 Å². The van der Waals surface area contributed by atoms with E-state index in [0.717, 1.165) is 25.5 Å². The highest BCUT2D eigenvalue weighted by Gasteiger charge is 1.98. The van der Waals surface area contributed by atoms with Crippen molar-refractivity contribution in [2.75, 3.05) is 26.2 Å². The van der Waals surface area contributed by atoms with Crippen LogP contribution in [0.4, 0.5) is 0 Å². The Balaban J connectivity index is 3.62. The van der Waals surface area contributed by atoms with Gasteiger partial charge in [0.15, 0.2) is 5.96 Å². The largest absolute Gasteiger partial charge is 0.396 e. The number of nitrogens with one attached hydrogen (secondary N) is 2. The highest BCUT2D eigenvalue weighted by atomic mass is 16.3. The normalized spacial score (nSPS) is 11.7. The van der Waals surface area contributed by atoms with E-state index in [2.05, 4.69) is 29.5 Å². The van der Waals surface area contributed by atoms with Gasteiger partial charge >= 0.3 is 0 Å². The molecule has 0 unspecified atom stereocenters. The van der Waals surface area contributed by atoms with Gasteiger partial charge in [-0.2, -0.15) is 0 Å². The van der Waals surface area contributed by atoms with Crippen LogP contribution in [0.25, 0.3) is 0 Å². The van der Waals surface area contributed by atoms with Crippen molar-refractivity contribution < 1.29 is 5.11 Å². The molecule has 0 fully saturated rings. The van der Waals surface area contributed by atoms with Crippen LogP contribution >= 0.6 is 0 Å². The molecule has 0 radical (unpaired) electrons. The van der Waals surface area contributed by atoms with Crippen LogP contribution in [0, 0.1) is 0 Å². The van der Waals surface area contributed by atoms with Crippen molar-refractivity contribution in [2.24, 2.45) is 4.99 Å². The third-order valence-corrected chi connectivity index (χ3v) is 3.73. The maximum atomic E-state index is 8.83. The number of aliphatic hydroxyl groups is 1. The zero-order valence-electron chi connectivity index (χ0n) is 15.0. The monoisotopic (exact) mass is 313 g/mol. The standard InChI is InChI=1S/C18H39N3O/c1-3-5-7-8-9-10-11-12-15-20-18(19-14-6-4-2)21-16-13-17-22/h22H,3-17H2,1-2H3,(H2,19,20,21). The Morgan fingerprint density at radius 2 is 1.27 bits per heavy atom. The van der Waals surface area contributed by atoms with Crippen LogP contribution in [0.15, 0.2) is 4.99 Å². The molecule has 0 saturated carbocycles. The van der Waals surface area contributed by atoms with Crippen LogP contribution in [0.1, 0.15) is 84.5 Å². The van der Waals surface area contributed by atoms with Crippen molar-refractivity contribution in [3.05, 3.63) is 0 Å². The van der Waals surface area contributed by atoms with Gasteiger partial charge in [0.2, 0.25) is 0 Å². The molecular weight excluding hydrogens is 274 g/mol. The lowest BCUT2D eigenvalue weighted by molar-refractivity contribution is 0.291. The first-order valence-corrected chi connectivity index (χ1v) is 9.48. The predicted molar refractivity (Wildman–Crippen MR) is 97.5 cm³/mol. The average Bonchev–Trinajstić information content (AvgIpc) is 2.53. The third kappa shape index (κ3) is 15.6. The summed E-state index contributed by atoms with van der Waals surface area (Å²) >= 11 is 0. The molecule has 0 spiro atoms. The lowest BCUT2D eigenvalue weighted by Gasteiger charge is -2.12. The van der Waals surface area contributed by atoms with Crippen LogP contribution in [-0.2, 0) is 0 Å². The van der Waals surface area contributed by atoms with E-state index in [0.29, 0.717) is 6.54 Å². The summed E-state index contributed by atoms with van der Waals surface area (Å²) in [6.07, 6.45) is 13.8. The topological polar surface area (TPSA) is 56.7 Å². The van der Waals surface area contributed by atoms with Crippen molar-refractivity contribution in [1.82, 2.24) is 10.6 Å². The van der Waals surface area contributed by atoms with Gasteiger partial charge in [0.05, 0.1) is 0 Å². The second kappa shape index (κ2) is 18.3. The van der Waals surface area contributed by atoms with Crippen molar-refractivity contribution >= 4 is 5.96 Å². The number of hydrogen-bond acceptors (Lipinski definition) is 2. The van der Waals surface area contributed by atoms with E-state index in [4.69, 9.17) is 5.11 Å². The molecule has 0 aromatic heterocycles. The Morgan fingerprint density at radius 1 is 0.727 bits per heavy atom. The minimum absolute atomic E-state index is 0.212. The summed E-state index contributed by atoms with van der Waals surface area (Å²) in [4.78, 5) is 4.49. The molecule has 132 valence electrons. The Labute approximate surface area is 138 Å². The second-order valence-corrected chi connectivity index (χ2v) is 5.99. The van der Waals surface area contributed by atoms with Gasteiger partial charge in [0, 0.05) is 26.2 Å². The molecule has 4 nitrogen and oxygen atoms in total. The summed E-state index contributed by atoms with van der Waals surface area (Å²) in [6.45, 7) is 7.32. The number of unbranched alkanes of at least 4 members (excludes halogenated alkanes) is 8. The zero-order chi connectivity index (χ0) is 16.3. The molecule has 3 N–H and O–H groups in total. The van der Waals surface area contributed by atoms with Gasteiger partial charge in [-0.1, -0.05) is 65.2 Å². The molecule has 4 heteroatoms. The van der Waals surface area contributed by atoms with E-state index in [9.17, 15) is 0 Å². The molecule has 0 amide bonds. The second-order valence-electron chi connectivity index (χ2n) is 5.99. The zero-order valence-corrected chi connectivity index (χ0v) is 15.0. The van der Waals surface area contributed by atoms with Crippen LogP contribution in [-0.4, -0.2) is 37.3 Å². The number of hydrogen-bond donors (Lipinski definition) is 3. The number of guanidine groups is 1. The van der Waals surface area contributed by atoms with Crippen molar-refractivity contribution in [3.63, 3.8) is 0 Å². The Bertz CT molecular complexity index is 244. The van der Waals surface area contributed by atoms with Crippen LogP contribution in [0.3, 0.4) is 0 Å². The maximum absolute atomic E-state index is 8.83. The van der Waals surface area contributed by atoms with E-state index in [-0.39, 0.29) is 6.61 Å². The Hall–Kier alpha value is -0.770. The molecule has 0 atom stereocenters. The quantitative estimate of drug-likeness (QED) is 0.244. The predicted octanol–water partition coefficient (Wildman–Crippen LogP) is 3.84. The SMILES string of the molecule is CCCCCCCCCCNC(=NCCCO)NCCCC. The van der Waals surface area contributed by atoms with E-state index >= 15 is 0 Å². The summed E-state index contributed by atoms with van der Waals surface area (Å²) in [6, 6.07) is 0. The maximum Gasteiger partial charge on any atom is 0.191 e. The minimum atomic E-state index is 0.212. The highest BCUT2D eigenvalue weighted by molar-refractivity contribution is 5.79. The molecule has 0 aromatic carbocycles. The number of rotatable bonds is 15.